The van der Waals surface area contributed by atoms with Crippen LogP contribution in [0.2, 0.25) is 0 Å². The summed E-state index contributed by atoms with van der Waals surface area (Å²) in [4.78, 5) is 25.7. The maximum Gasteiger partial charge on any atom is 0.270 e. The molecule has 7 heteroatoms. The number of rotatable bonds is 8. The lowest BCUT2D eigenvalue weighted by Crippen LogP contribution is -2.30. The molecule has 1 aliphatic heterocycles. The van der Waals surface area contributed by atoms with Crippen LogP contribution in [0.15, 0.2) is 72.8 Å². The van der Waals surface area contributed by atoms with Crippen molar-refractivity contribution in [1.29, 1.82) is 0 Å². The minimum Gasteiger partial charge on any atom is -0.491 e. The lowest BCUT2D eigenvalue weighted by Gasteiger charge is -2.21. The number of carbonyl (C=O) groups excluding carboxylic acids is 1. The minimum atomic E-state index is -0.478. The fourth-order valence-corrected chi connectivity index (χ4v) is 3.92. The van der Waals surface area contributed by atoms with Gasteiger partial charge in [-0.2, -0.15) is 0 Å². The lowest BCUT2D eigenvalue weighted by atomic mass is 10.1. The Kier molecular flexibility index (Phi) is 6.65. The third-order valence-corrected chi connectivity index (χ3v) is 5.50. The van der Waals surface area contributed by atoms with Crippen molar-refractivity contribution in [3.8, 4) is 16.9 Å². The van der Waals surface area contributed by atoms with Crippen molar-refractivity contribution in [3.05, 3.63) is 88.5 Å². The summed E-state index contributed by atoms with van der Waals surface area (Å²) in [6.45, 7) is 2.25. The Balaban J connectivity index is 1.42. The van der Waals surface area contributed by atoms with Crippen molar-refractivity contribution in [2.24, 2.45) is 0 Å². The first kappa shape index (κ1) is 21.4. The maximum atomic E-state index is 12.9. The third kappa shape index (κ3) is 4.88. The quantitative estimate of drug-likeness (QED) is 0.318. The number of carbonyl (C=O) groups is 1. The molecule has 0 unspecified atom stereocenters. The highest BCUT2D eigenvalue weighted by Gasteiger charge is 2.22. The number of ether oxygens (including phenoxy) is 1. The zero-order valence-corrected chi connectivity index (χ0v) is 17.7. The van der Waals surface area contributed by atoms with Gasteiger partial charge in [0, 0.05) is 30.8 Å². The smallest absolute Gasteiger partial charge is 0.270 e. The van der Waals surface area contributed by atoms with Crippen LogP contribution in [0.25, 0.3) is 11.1 Å². The number of nitrogens with one attached hydrogen (secondary N) is 1. The average Bonchev–Trinajstić information content (AvgIpc) is 3.37. The number of non-ortho nitro benzene ring substituents is 1. The Morgan fingerprint density at radius 2 is 1.72 bits per heavy atom. The molecule has 1 fully saturated rings. The number of nitro groups is 1. The van der Waals surface area contributed by atoms with Crippen molar-refractivity contribution in [2.75, 3.05) is 31.1 Å². The van der Waals surface area contributed by atoms with E-state index in [9.17, 15) is 14.9 Å². The van der Waals surface area contributed by atoms with E-state index >= 15 is 0 Å². The van der Waals surface area contributed by atoms with Gasteiger partial charge in [0.1, 0.15) is 12.4 Å². The Morgan fingerprint density at radius 3 is 2.47 bits per heavy atom. The van der Waals surface area contributed by atoms with Crippen LogP contribution in [-0.4, -0.2) is 37.1 Å². The molecule has 0 spiro atoms. The van der Waals surface area contributed by atoms with Gasteiger partial charge in [0.2, 0.25) is 0 Å². The molecule has 4 rings (SSSR count). The largest absolute Gasteiger partial charge is 0.491 e. The summed E-state index contributed by atoms with van der Waals surface area (Å²) < 4.78 is 5.94. The van der Waals surface area contributed by atoms with Crippen LogP contribution in [-0.2, 0) is 0 Å². The number of hydrogen-bond donors (Lipinski definition) is 1. The minimum absolute atomic E-state index is 0.0915. The normalized spacial score (nSPS) is 13.1. The number of benzene rings is 3. The van der Waals surface area contributed by atoms with Gasteiger partial charge in [0.05, 0.1) is 22.7 Å². The summed E-state index contributed by atoms with van der Waals surface area (Å²) in [5.41, 5.74) is 3.01. The molecule has 1 heterocycles. The monoisotopic (exact) mass is 431 g/mol. The van der Waals surface area contributed by atoms with Gasteiger partial charge in [-0.15, -0.1) is 0 Å². The molecule has 1 N–H and O–H groups in total. The molecule has 0 saturated carbocycles. The second-order valence-corrected chi connectivity index (χ2v) is 7.62. The summed E-state index contributed by atoms with van der Waals surface area (Å²) in [5.74, 6) is 0.400. The van der Waals surface area contributed by atoms with Gasteiger partial charge in [-0.05, 0) is 30.5 Å². The summed E-state index contributed by atoms with van der Waals surface area (Å²) in [6.07, 6.45) is 2.10. The van der Waals surface area contributed by atoms with Crippen LogP contribution >= 0.6 is 0 Å². The molecule has 1 saturated heterocycles. The molecule has 0 atom stereocenters. The van der Waals surface area contributed by atoms with Crippen LogP contribution in [0.3, 0.4) is 0 Å². The van der Waals surface area contributed by atoms with Crippen molar-refractivity contribution >= 4 is 17.3 Å². The van der Waals surface area contributed by atoms with Gasteiger partial charge in [-0.3, -0.25) is 14.9 Å². The van der Waals surface area contributed by atoms with Gasteiger partial charge in [0.25, 0.3) is 11.6 Å². The third-order valence-electron chi connectivity index (χ3n) is 5.50. The Labute approximate surface area is 186 Å². The van der Waals surface area contributed by atoms with Gasteiger partial charge >= 0.3 is 0 Å². The number of hydrogen-bond acceptors (Lipinski definition) is 5. The standard InChI is InChI=1S/C25H25N3O4/c29-25(22-18-20(28(30)31)12-13-23(22)27-15-6-7-16-27)26-14-17-32-24-11-5-4-10-21(24)19-8-2-1-3-9-19/h1-5,8-13,18H,6-7,14-17H2,(H,26,29). The van der Waals surface area contributed by atoms with E-state index in [1.807, 2.05) is 54.6 Å². The van der Waals surface area contributed by atoms with E-state index < -0.39 is 4.92 Å². The number of anilines is 1. The molecule has 3 aromatic carbocycles. The Morgan fingerprint density at radius 1 is 1.00 bits per heavy atom. The fourth-order valence-electron chi connectivity index (χ4n) is 3.92. The van der Waals surface area contributed by atoms with E-state index in [4.69, 9.17) is 4.74 Å². The highest BCUT2D eigenvalue weighted by molar-refractivity contribution is 6.00. The highest BCUT2D eigenvalue weighted by atomic mass is 16.6. The Bertz CT molecular complexity index is 1100. The molecule has 0 radical (unpaired) electrons. The van der Waals surface area contributed by atoms with Gasteiger partial charge < -0.3 is 15.0 Å². The summed E-state index contributed by atoms with van der Waals surface area (Å²) in [5, 5.41) is 14.1. The average molecular weight is 431 g/mol. The van der Waals surface area contributed by atoms with Crippen molar-refractivity contribution in [1.82, 2.24) is 5.32 Å². The van der Waals surface area contributed by atoms with Crippen molar-refractivity contribution in [3.63, 3.8) is 0 Å². The summed E-state index contributed by atoms with van der Waals surface area (Å²) in [7, 11) is 0. The highest BCUT2D eigenvalue weighted by Crippen LogP contribution is 2.30. The first-order chi connectivity index (χ1) is 15.6. The molecular weight excluding hydrogens is 406 g/mol. The molecule has 1 aliphatic rings. The number of nitro benzene ring substituents is 1. The first-order valence-corrected chi connectivity index (χ1v) is 10.7. The van der Waals surface area contributed by atoms with Crippen LogP contribution in [0.4, 0.5) is 11.4 Å². The van der Waals surface area contributed by atoms with E-state index in [1.165, 1.54) is 12.1 Å². The summed E-state index contributed by atoms with van der Waals surface area (Å²) >= 11 is 0. The summed E-state index contributed by atoms with van der Waals surface area (Å²) in [6, 6.07) is 22.2. The predicted octanol–water partition coefficient (Wildman–Crippen LogP) is 4.67. The number of nitrogens with zero attached hydrogens (tertiary/aromatic N) is 2. The number of para-hydroxylation sites is 1. The van der Waals surface area contributed by atoms with Gasteiger partial charge in [-0.1, -0.05) is 48.5 Å². The van der Waals surface area contributed by atoms with Crippen LogP contribution < -0.4 is 15.0 Å². The molecule has 1 amide bonds. The van der Waals surface area contributed by atoms with Gasteiger partial charge in [0.15, 0.2) is 0 Å². The molecule has 164 valence electrons. The van der Waals surface area contributed by atoms with Crippen molar-refractivity contribution < 1.29 is 14.5 Å². The predicted molar refractivity (Wildman–Crippen MR) is 124 cm³/mol. The molecule has 0 aliphatic carbocycles. The number of amides is 1. The Hall–Kier alpha value is -3.87. The fraction of sp³-hybridized carbons (Fsp3) is 0.240. The molecule has 7 nitrogen and oxygen atoms in total. The SMILES string of the molecule is O=C(NCCOc1ccccc1-c1ccccc1)c1cc([N+](=O)[O-])ccc1N1CCCC1. The molecule has 3 aromatic rings. The zero-order valence-electron chi connectivity index (χ0n) is 17.7. The molecule has 0 aromatic heterocycles. The van der Waals surface area contributed by atoms with E-state index in [0.29, 0.717) is 5.56 Å². The zero-order chi connectivity index (χ0) is 22.3. The maximum absolute atomic E-state index is 12.9. The second-order valence-electron chi connectivity index (χ2n) is 7.62. The van der Waals surface area contributed by atoms with E-state index in [1.54, 1.807) is 6.07 Å². The van der Waals surface area contributed by atoms with Crippen LogP contribution in [0, 0.1) is 10.1 Å². The second kappa shape index (κ2) is 9.96. The topological polar surface area (TPSA) is 84.7 Å². The van der Waals surface area contributed by atoms with E-state index in [-0.39, 0.29) is 24.7 Å². The van der Waals surface area contributed by atoms with Crippen molar-refractivity contribution in [2.45, 2.75) is 12.8 Å². The molecule has 0 bridgehead atoms. The lowest BCUT2D eigenvalue weighted by molar-refractivity contribution is -0.384. The van der Waals surface area contributed by atoms with E-state index in [2.05, 4.69) is 10.2 Å². The van der Waals surface area contributed by atoms with Crippen LogP contribution in [0.1, 0.15) is 23.2 Å². The first-order valence-electron chi connectivity index (χ1n) is 10.7. The molecular formula is C25H25N3O4. The molecule has 32 heavy (non-hydrogen) atoms. The van der Waals surface area contributed by atoms with Crippen LogP contribution in [0.5, 0.6) is 5.75 Å². The van der Waals surface area contributed by atoms with E-state index in [0.717, 1.165) is 48.5 Å². The van der Waals surface area contributed by atoms with Gasteiger partial charge in [-0.25, -0.2) is 0 Å².